The average molecular weight is 276 g/mol. The minimum absolute atomic E-state index is 0.231. The lowest BCUT2D eigenvalue weighted by molar-refractivity contribution is 0.0555. The molecule has 6 heteroatoms. The Morgan fingerprint density at radius 3 is 3.00 bits per heavy atom. The zero-order valence-electron chi connectivity index (χ0n) is 10.2. The van der Waals surface area contributed by atoms with Crippen molar-refractivity contribution in [1.82, 2.24) is 5.32 Å². The van der Waals surface area contributed by atoms with Gasteiger partial charge in [-0.2, -0.15) is 0 Å². The first-order chi connectivity index (χ1) is 8.20. The predicted octanol–water partition coefficient (Wildman–Crippen LogP) is 0.997. The molecule has 0 aromatic heterocycles. The van der Waals surface area contributed by atoms with Gasteiger partial charge in [0.05, 0.1) is 5.54 Å². The van der Waals surface area contributed by atoms with Crippen molar-refractivity contribution >= 4 is 27.7 Å². The molecule has 1 N–H and O–H groups in total. The van der Waals surface area contributed by atoms with Crippen LogP contribution in [0.15, 0.2) is 4.99 Å². The Kier molecular flexibility index (Phi) is 4.87. The zero-order chi connectivity index (χ0) is 12.1. The highest BCUT2D eigenvalue weighted by atomic mass is 32.2. The molecule has 2 aliphatic rings. The third-order valence-electron chi connectivity index (χ3n) is 3.15. The van der Waals surface area contributed by atoms with E-state index >= 15 is 0 Å². The van der Waals surface area contributed by atoms with E-state index in [1.807, 2.05) is 11.8 Å². The maximum atomic E-state index is 10.9. The lowest BCUT2D eigenvalue weighted by Crippen LogP contribution is -2.48. The normalized spacial score (nSPS) is 27.2. The Balaban J connectivity index is 1.76. The first kappa shape index (κ1) is 13.4. The molecule has 98 valence electrons. The van der Waals surface area contributed by atoms with Gasteiger partial charge in [0.2, 0.25) is 0 Å². The molecule has 0 saturated carbocycles. The van der Waals surface area contributed by atoms with Crippen molar-refractivity contribution in [2.75, 3.05) is 37.5 Å². The molecule has 1 atom stereocenters. The van der Waals surface area contributed by atoms with Gasteiger partial charge in [0.15, 0.2) is 5.17 Å². The monoisotopic (exact) mass is 276 g/mol. The van der Waals surface area contributed by atoms with Crippen LogP contribution in [-0.4, -0.2) is 52.4 Å². The third-order valence-corrected chi connectivity index (χ3v) is 5.22. The second kappa shape index (κ2) is 6.20. The van der Waals surface area contributed by atoms with Crippen LogP contribution in [0.4, 0.5) is 0 Å². The number of nitrogens with one attached hydrogen (secondary N) is 1. The molecule has 17 heavy (non-hydrogen) atoms. The molecule has 0 aliphatic carbocycles. The lowest BCUT2D eigenvalue weighted by atomic mass is 9.93. The number of nitrogens with zero attached hydrogens (tertiary/aromatic N) is 1. The van der Waals surface area contributed by atoms with Gasteiger partial charge in [-0.1, -0.05) is 11.8 Å². The molecule has 1 unspecified atom stereocenters. The molecule has 2 aliphatic heterocycles. The van der Waals surface area contributed by atoms with Crippen LogP contribution >= 0.6 is 11.8 Å². The van der Waals surface area contributed by atoms with Gasteiger partial charge in [-0.05, 0) is 19.3 Å². The molecule has 4 nitrogen and oxygen atoms in total. The molecule has 2 rings (SSSR count). The summed E-state index contributed by atoms with van der Waals surface area (Å²) in [4.78, 5) is 4.54. The van der Waals surface area contributed by atoms with Crippen molar-refractivity contribution in [3.63, 3.8) is 0 Å². The van der Waals surface area contributed by atoms with E-state index in [-0.39, 0.29) is 5.54 Å². The molecule has 0 bridgehead atoms. The zero-order valence-corrected chi connectivity index (χ0v) is 11.9. The number of aliphatic imine (C=N–C) groups is 1. The first-order valence-corrected chi connectivity index (χ1v) is 8.75. The van der Waals surface area contributed by atoms with E-state index in [1.165, 1.54) is 0 Å². The van der Waals surface area contributed by atoms with Crippen LogP contribution in [0.25, 0.3) is 0 Å². The van der Waals surface area contributed by atoms with Crippen molar-refractivity contribution in [2.24, 2.45) is 4.99 Å². The van der Waals surface area contributed by atoms with E-state index in [2.05, 4.69) is 10.3 Å². The molecule has 2 heterocycles. The second-order valence-corrected chi connectivity index (χ2v) is 7.14. The Morgan fingerprint density at radius 1 is 1.53 bits per heavy atom. The third kappa shape index (κ3) is 3.96. The highest BCUT2D eigenvalue weighted by Crippen LogP contribution is 2.31. The smallest absolute Gasteiger partial charge is 0.157 e. The van der Waals surface area contributed by atoms with E-state index in [1.54, 1.807) is 6.26 Å². The van der Waals surface area contributed by atoms with Crippen molar-refractivity contribution in [2.45, 2.75) is 24.8 Å². The lowest BCUT2D eigenvalue weighted by Gasteiger charge is -2.32. The van der Waals surface area contributed by atoms with Gasteiger partial charge in [0.1, 0.15) is 0 Å². The highest BCUT2D eigenvalue weighted by Gasteiger charge is 2.38. The fraction of sp³-hybridized carbons (Fsp3) is 0.909. The van der Waals surface area contributed by atoms with E-state index in [0.717, 1.165) is 55.7 Å². The maximum Gasteiger partial charge on any atom is 0.157 e. The van der Waals surface area contributed by atoms with Gasteiger partial charge in [-0.3, -0.25) is 9.20 Å². The van der Waals surface area contributed by atoms with Crippen LogP contribution in [0.3, 0.4) is 0 Å². The number of hydrogen-bond donors (Lipinski definition) is 1. The maximum absolute atomic E-state index is 10.9. The summed E-state index contributed by atoms with van der Waals surface area (Å²) < 4.78 is 16.3. The van der Waals surface area contributed by atoms with Gasteiger partial charge in [0, 0.05) is 48.3 Å². The molecule has 2 fully saturated rings. The summed E-state index contributed by atoms with van der Waals surface area (Å²) in [6, 6.07) is 0. The Bertz CT molecular complexity index is 315. The van der Waals surface area contributed by atoms with Gasteiger partial charge in [-0.25, -0.2) is 0 Å². The van der Waals surface area contributed by atoms with Crippen LogP contribution in [0.1, 0.15) is 19.3 Å². The summed E-state index contributed by atoms with van der Waals surface area (Å²) in [5, 5.41) is 4.62. The summed E-state index contributed by atoms with van der Waals surface area (Å²) in [5.74, 6) is 1.86. The molecule has 0 radical (unpaired) electrons. The van der Waals surface area contributed by atoms with E-state index < -0.39 is 10.8 Å². The SMILES string of the molecule is CS(=O)CCCN=C1NC2(CCOCC2)CS1. The second-order valence-electron chi connectivity index (χ2n) is 4.62. The Morgan fingerprint density at radius 2 is 2.29 bits per heavy atom. The van der Waals surface area contributed by atoms with Gasteiger partial charge >= 0.3 is 0 Å². The molecule has 0 amide bonds. The van der Waals surface area contributed by atoms with E-state index in [9.17, 15) is 4.21 Å². The summed E-state index contributed by atoms with van der Waals surface area (Å²) in [7, 11) is -0.692. The standard InChI is InChI=1S/C11H20N2O2S2/c1-17(14)8-2-5-12-10-13-11(9-16-10)3-6-15-7-4-11/h2-9H2,1H3,(H,12,13). The van der Waals surface area contributed by atoms with Crippen LogP contribution < -0.4 is 5.32 Å². The summed E-state index contributed by atoms with van der Waals surface area (Å²) in [6.45, 7) is 2.49. The fourth-order valence-corrected chi connectivity index (χ4v) is 3.85. The largest absolute Gasteiger partial charge is 0.381 e. The van der Waals surface area contributed by atoms with Crippen molar-refractivity contribution in [1.29, 1.82) is 0 Å². The number of thioether (sulfide) groups is 1. The Hall–Kier alpha value is -0.0700. The summed E-state index contributed by atoms with van der Waals surface area (Å²) in [5.41, 5.74) is 0.231. The molecular weight excluding hydrogens is 256 g/mol. The van der Waals surface area contributed by atoms with Gasteiger partial charge in [-0.15, -0.1) is 0 Å². The number of amidine groups is 1. The number of rotatable bonds is 4. The predicted molar refractivity (Wildman–Crippen MR) is 74.2 cm³/mol. The number of ether oxygens (including phenoxy) is 1. The molecular formula is C11H20N2O2S2. The molecule has 0 aromatic rings. The van der Waals surface area contributed by atoms with Crippen LogP contribution in [0, 0.1) is 0 Å². The van der Waals surface area contributed by atoms with Crippen molar-refractivity contribution in [3.05, 3.63) is 0 Å². The number of hydrogen-bond acceptors (Lipinski definition) is 4. The van der Waals surface area contributed by atoms with E-state index in [4.69, 9.17) is 4.74 Å². The molecule has 1 spiro atoms. The Labute approximate surface area is 109 Å². The van der Waals surface area contributed by atoms with Crippen molar-refractivity contribution < 1.29 is 8.95 Å². The molecule has 0 aromatic carbocycles. The van der Waals surface area contributed by atoms with E-state index in [0.29, 0.717) is 0 Å². The summed E-state index contributed by atoms with van der Waals surface area (Å²) in [6.07, 6.45) is 4.81. The van der Waals surface area contributed by atoms with Crippen LogP contribution in [0.5, 0.6) is 0 Å². The first-order valence-electron chi connectivity index (χ1n) is 6.03. The minimum atomic E-state index is -0.692. The minimum Gasteiger partial charge on any atom is -0.381 e. The van der Waals surface area contributed by atoms with Gasteiger partial charge < -0.3 is 10.1 Å². The van der Waals surface area contributed by atoms with Gasteiger partial charge in [0.25, 0.3) is 0 Å². The average Bonchev–Trinajstić information content (AvgIpc) is 2.69. The van der Waals surface area contributed by atoms with Crippen LogP contribution in [-0.2, 0) is 15.5 Å². The fourth-order valence-electron chi connectivity index (χ4n) is 2.07. The quantitative estimate of drug-likeness (QED) is 0.778. The summed E-state index contributed by atoms with van der Waals surface area (Å²) >= 11 is 1.81. The van der Waals surface area contributed by atoms with Crippen molar-refractivity contribution in [3.8, 4) is 0 Å². The highest BCUT2D eigenvalue weighted by molar-refractivity contribution is 8.14. The molecule has 2 saturated heterocycles. The van der Waals surface area contributed by atoms with Crippen LogP contribution in [0.2, 0.25) is 0 Å². The topological polar surface area (TPSA) is 50.7 Å².